The Morgan fingerprint density at radius 2 is 2.12 bits per heavy atom. The molecule has 0 amide bonds. The van der Waals surface area contributed by atoms with E-state index in [9.17, 15) is 9.18 Å². The Kier molecular flexibility index (Phi) is 2.75. The van der Waals surface area contributed by atoms with Crippen molar-refractivity contribution in [2.24, 2.45) is 7.05 Å². The van der Waals surface area contributed by atoms with Crippen LogP contribution in [0.25, 0.3) is 11.1 Å². The van der Waals surface area contributed by atoms with Crippen molar-refractivity contribution >= 4 is 11.6 Å². The Hall–Kier alpha value is -1.68. The fourth-order valence-electron chi connectivity index (χ4n) is 1.44. The highest BCUT2D eigenvalue weighted by Crippen LogP contribution is 2.18. The van der Waals surface area contributed by atoms with Gasteiger partial charge in [0.25, 0.3) is 5.56 Å². The molecule has 3 nitrogen and oxygen atoms in total. The van der Waals surface area contributed by atoms with Crippen molar-refractivity contribution in [3.8, 4) is 11.1 Å². The van der Waals surface area contributed by atoms with Crippen LogP contribution in [-0.2, 0) is 7.05 Å². The minimum atomic E-state index is -0.396. The number of hydrogen-bond donors (Lipinski definition) is 0. The van der Waals surface area contributed by atoms with Crippen molar-refractivity contribution in [2.45, 2.75) is 0 Å². The number of hydrogen-bond acceptors (Lipinski definition) is 2. The molecule has 0 N–H and O–H groups in total. The summed E-state index contributed by atoms with van der Waals surface area (Å²) in [6.45, 7) is 0. The summed E-state index contributed by atoms with van der Waals surface area (Å²) in [6, 6.07) is 7.22. The first-order valence-corrected chi connectivity index (χ1v) is 4.95. The average molecular weight is 239 g/mol. The van der Waals surface area contributed by atoms with Gasteiger partial charge in [-0.05, 0) is 23.8 Å². The van der Waals surface area contributed by atoms with Gasteiger partial charge in [0.05, 0.1) is 5.56 Å². The Morgan fingerprint density at radius 1 is 1.38 bits per heavy atom. The third kappa shape index (κ3) is 1.97. The second-order valence-corrected chi connectivity index (χ2v) is 3.71. The summed E-state index contributed by atoms with van der Waals surface area (Å²) in [5, 5.41) is 3.95. The van der Waals surface area contributed by atoms with Crippen LogP contribution in [0.4, 0.5) is 4.39 Å². The van der Waals surface area contributed by atoms with Crippen molar-refractivity contribution < 1.29 is 4.39 Å². The monoisotopic (exact) mass is 238 g/mol. The zero-order valence-corrected chi connectivity index (χ0v) is 9.20. The molecule has 0 aliphatic heterocycles. The predicted molar refractivity (Wildman–Crippen MR) is 59.9 cm³/mol. The highest BCUT2D eigenvalue weighted by atomic mass is 35.5. The lowest BCUT2D eigenvalue weighted by Crippen LogP contribution is -2.21. The van der Waals surface area contributed by atoms with Crippen LogP contribution in [0.3, 0.4) is 0 Å². The molecule has 0 aliphatic rings. The van der Waals surface area contributed by atoms with E-state index in [1.807, 2.05) is 0 Å². The molecule has 0 radical (unpaired) electrons. The van der Waals surface area contributed by atoms with Gasteiger partial charge in [0.1, 0.15) is 11.0 Å². The van der Waals surface area contributed by atoms with Gasteiger partial charge in [-0.15, -0.1) is 0 Å². The van der Waals surface area contributed by atoms with Crippen LogP contribution in [0.15, 0.2) is 35.1 Å². The first-order valence-electron chi connectivity index (χ1n) is 4.58. The Bertz CT molecular complexity index is 595. The van der Waals surface area contributed by atoms with Crippen molar-refractivity contribution in [3.63, 3.8) is 0 Å². The number of benzene rings is 1. The minimum Gasteiger partial charge on any atom is -0.267 e. The SMILES string of the molecule is Cn1nc(Cl)cc(-c2cccc(F)c2)c1=O. The zero-order valence-electron chi connectivity index (χ0n) is 8.45. The maximum Gasteiger partial charge on any atom is 0.274 e. The van der Waals surface area contributed by atoms with Crippen LogP contribution in [-0.4, -0.2) is 9.78 Å². The van der Waals surface area contributed by atoms with Gasteiger partial charge >= 0.3 is 0 Å². The van der Waals surface area contributed by atoms with Gasteiger partial charge < -0.3 is 0 Å². The summed E-state index contributed by atoms with van der Waals surface area (Å²) in [7, 11) is 1.50. The van der Waals surface area contributed by atoms with E-state index in [2.05, 4.69) is 5.10 Å². The van der Waals surface area contributed by atoms with E-state index in [1.54, 1.807) is 12.1 Å². The quantitative estimate of drug-likeness (QED) is 0.764. The Balaban J connectivity index is 2.69. The van der Waals surface area contributed by atoms with Gasteiger partial charge in [0, 0.05) is 7.05 Å². The smallest absolute Gasteiger partial charge is 0.267 e. The van der Waals surface area contributed by atoms with Crippen LogP contribution in [0.1, 0.15) is 0 Å². The molecule has 1 aromatic carbocycles. The van der Waals surface area contributed by atoms with Crippen LogP contribution < -0.4 is 5.56 Å². The molecular weight excluding hydrogens is 231 g/mol. The molecule has 0 spiro atoms. The molecule has 0 fully saturated rings. The van der Waals surface area contributed by atoms with E-state index in [-0.39, 0.29) is 10.7 Å². The van der Waals surface area contributed by atoms with Crippen LogP contribution >= 0.6 is 11.6 Å². The zero-order chi connectivity index (χ0) is 11.7. The molecule has 5 heteroatoms. The van der Waals surface area contributed by atoms with E-state index >= 15 is 0 Å². The number of nitrogens with zero attached hydrogens (tertiary/aromatic N) is 2. The first-order chi connectivity index (χ1) is 7.58. The highest BCUT2D eigenvalue weighted by Gasteiger charge is 2.07. The number of aromatic nitrogens is 2. The predicted octanol–water partition coefficient (Wildman–Crippen LogP) is 2.24. The molecule has 16 heavy (non-hydrogen) atoms. The van der Waals surface area contributed by atoms with Crippen LogP contribution in [0.2, 0.25) is 5.15 Å². The molecule has 0 saturated heterocycles. The molecule has 0 atom stereocenters. The molecule has 2 aromatic rings. The van der Waals surface area contributed by atoms with Gasteiger partial charge in [0.2, 0.25) is 0 Å². The Labute approximate surface area is 96.1 Å². The fourth-order valence-corrected chi connectivity index (χ4v) is 1.66. The van der Waals surface area contributed by atoms with E-state index in [0.29, 0.717) is 11.1 Å². The van der Waals surface area contributed by atoms with Crippen molar-refractivity contribution in [1.29, 1.82) is 0 Å². The average Bonchev–Trinajstić information content (AvgIpc) is 2.23. The minimum absolute atomic E-state index is 0.196. The lowest BCUT2D eigenvalue weighted by atomic mass is 10.1. The normalized spacial score (nSPS) is 10.4. The molecule has 82 valence electrons. The van der Waals surface area contributed by atoms with Gasteiger partial charge in [-0.2, -0.15) is 5.10 Å². The van der Waals surface area contributed by atoms with Gasteiger partial charge in [0.15, 0.2) is 0 Å². The molecule has 1 heterocycles. The first kappa shape index (κ1) is 10.8. The summed E-state index contributed by atoms with van der Waals surface area (Å²) >= 11 is 5.75. The van der Waals surface area contributed by atoms with Crippen molar-refractivity contribution in [1.82, 2.24) is 9.78 Å². The molecule has 1 aromatic heterocycles. The lowest BCUT2D eigenvalue weighted by molar-refractivity contribution is 0.628. The molecular formula is C11H8ClFN2O. The third-order valence-corrected chi connectivity index (χ3v) is 2.35. The highest BCUT2D eigenvalue weighted by molar-refractivity contribution is 6.29. The number of aryl methyl sites for hydroxylation is 1. The number of rotatable bonds is 1. The second-order valence-electron chi connectivity index (χ2n) is 3.32. The molecule has 0 bridgehead atoms. The third-order valence-electron chi connectivity index (χ3n) is 2.17. The topological polar surface area (TPSA) is 34.9 Å². The largest absolute Gasteiger partial charge is 0.274 e. The Morgan fingerprint density at radius 3 is 2.81 bits per heavy atom. The van der Waals surface area contributed by atoms with Crippen LogP contribution in [0, 0.1) is 5.82 Å². The van der Waals surface area contributed by atoms with Gasteiger partial charge in [-0.25, -0.2) is 9.07 Å². The summed E-state index contributed by atoms with van der Waals surface area (Å²) in [5.41, 5.74) is 0.516. The second kappa shape index (κ2) is 4.06. The van der Waals surface area contributed by atoms with E-state index in [0.717, 1.165) is 4.68 Å². The summed E-state index contributed by atoms with van der Waals surface area (Å²) in [5.74, 6) is -0.396. The van der Waals surface area contributed by atoms with Gasteiger partial charge in [-0.1, -0.05) is 23.7 Å². The van der Waals surface area contributed by atoms with Crippen molar-refractivity contribution in [2.75, 3.05) is 0 Å². The fraction of sp³-hybridized carbons (Fsp3) is 0.0909. The number of halogens is 2. The van der Waals surface area contributed by atoms with E-state index in [1.165, 1.54) is 25.2 Å². The lowest BCUT2D eigenvalue weighted by Gasteiger charge is -2.03. The maximum atomic E-state index is 13.0. The summed E-state index contributed by atoms with van der Waals surface area (Å²) < 4.78 is 14.2. The summed E-state index contributed by atoms with van der Waals surface area (Å²) in [6.07, 6.45) is 0. The van der Waals surface area contributed by atoms with Gasteiger partial charge in [-0.3, -0.25) is 4.79 Å². The van der Waals surface area contributed by atoms with Crippen molar-refractivity contribution in [3.05, 3.63) is 51.7 Å². The van der Waals surface area contributed by atoms with E-state index in [4.69, 9.17) is 11.6 Å². The van der Waals surface area contributed by atoms with Crippen LogP contribution in [0.5, 0.6) is 0 Å². The standard InChI is InChI=1S/C11H8ClFN2O/c1-15-11(16)9(6-10(12)14-15)7-3-2-4-8(13)5-7/h2-6H,1H3. The summed E-state index contributed by atoms with van der Waals surface area (Å²) in [4.78, 5) is 11.8. The molecule has 0 unspecified atom stereocenters. The maximum absolute atomic E-state index is 13.0. The molecule has 2 rings (SSSR count). The molecule has 0 aliphatic carbocycles. The van der Waals surface area contributed by atoms with E-state index < -0.39 is 5.82 Å². The molecule has 0 saturated carbocycles.